The van der Waals surface area contributed by atoms with Gasteiger partial charge in [0, 0.05) is 28.7 Å². The summed E-state index contributed by atoms with van der Waals surface area (Å²) in [6.45, 7) is 5.84. The third-order valence-electron chi connectivity index (χ3n) is 4.32. The van der Waals surface area contributed by atoms with Crippen LogP contribution in [0.25, 0.3) is 0 Å². The predicted octanol–water partition coefficient (Wildman–Crippen LogP) is 2.86. The third-order valence-corrected chi connectivity index (χ3v) is 5.21. The molecule has 1 amide bonds. The molecule has 0 aromatic heterocycles. The lowest BCUT2D eigenvalue weighted by Crippen LogP contribution is -2.41. The van der Waals surface area contributed by atoms with Crippen molar-refractivity contribution in [3.63, 3.8) is 0 Å². The van der Waals surface area contributed by atoms with Crippen LogP contribution in [0.15, 0.2) is 22.7 Å². The van der Waals surface area contributed by atoms with Crippen LogP contribution in [0.4, 0.5) is 5.69 Å². The average molecular weight is 323 g/mol. The number of carbonyl (C=O) groups is 1. The molecule has 102 valence electrons. The zero-order valence-electron chi connectivity index (χ0n) is 11.4. The second-order valence-electron chi connectivity index (χ2n) is 5.96. The summed E-state index contributed by atoms with van der Waals surface area (Å²) in [6.07, 6.45) is 2.46. The van der Waals surface area contributed by atoms with E-state index in [1.54, 1.807) is 0 Å². The summed E-state index contributed by atoms with van der Waals surface area (Å²) in [7, 11) is 0. The Morgan fingerprint density at radius 3 is 2.79 bits per heavy atom. The molecule has 4 heteroatoms. The number of nitrogens with zero attached hydrogens (tertiary/aromatic N) is 1. The fourth-order valence-electron chi connectivity index (χ4n) is 2.69. The molecule has 1 aromatic rings. The Balaban J connectivity index is 1.95. The lowest BCUT2D eigenvalue weighted by atomic mass is 10.1. The minimum Gasteiger partial charge on any atom is -0.310 e. The topological polar surface area (TPSA) is 32.3 Å². The summed E-state index contributed by atoms with van der Waals surface area (Å²) in [6, 6.07) is 6.06. The van der Waals surface area contributed by atoms with Crippen molar-refractivity contribution in [1.29, 1.82) is 0 Å². The zero-order valence-corrected chi connectivity index (χ0v) is 13.0. The predicted molar refractivity (Wildman–Crippen MR) is 80.4 cm³/mol. The van der Waals surface area contributed by atoms with Crippen molar-refractivity contribution in [2.45, 2.75) is 32.7 Å². The highest BCUT2D eigenvalue weighted by molar-refractivity contribution is 9.10. The van der Waals surface area contributed by atoms with Crippen molar-refractivity contribution in [2.75, 3.05) is 18.0 Å². The summed E-state index contributed by atoms with van der Waals surface area (Å²) >= 11 is 3.51. The molecule has 1 N–H and O–H groups in total. The first-order valence-corrected chi connectivity index (χ1v) is 7.61. The van der Waals surface area contributed by atoms with Gasteiger partial charge in [-0.25, -0.2) is 0 Å². The smallest absolute Gasteiger partial charge is 0.243 e. The van der Waals surface area contributed by atoms with Crippen molar-refractivity contribution >= 4 is 27.5 Å². The SMILES string of the molecule is Cc1cc(N2CC3(CC3)CNC(C)C2=O)ccc1Br. The molecule has 3 nitrogen and oxygen atoms in total. The summed E-state index contributed by atoms with van der Waals surface area (Å²) < 4.78 is 1.09. The van der Waals surface area contributed by atoms with E-state index in [1.807, 2.05) is 24.0 Å². The van der Waals surface area contributed by atoms with E-state index in [9.17, 15) is 4.79 Å². The molecule has 0 radical (unpaired) electrons. The quantitative estimate of drug-likeness (QED) is 0.862. The molecule has 1 saturated heterocycles. The van der Waals surface area contributed by atoms with Gasteiger partial charge >= 0.3 is 0 Å². The molecule has 1 spiro atoms. The van der Waals surface area contributed by atoms with Crippen LogP contribution in [0.2, 0.25) is 0 Å². The van der Waals surface area contributed by atoms with Gasteiger partial charge < -0.3 is 10.2 Å². The van der Waals surface area contributed by atoms with Gasteiger partial charge in [0.05, 0.1) is 6.04 Å². The van der Waals surface area contributed by atoms with Gasteiger partial charge in [-0.1, -0.05) is 15.9 Å². The summed E-state index contributed by atoms with van der Waals surface area (Å²) in [5, 5.41) is 3.37. The largest absolute Gasteiger partial charge is 0.310 e. The van der Waals surface area contributed by atoms with Crippen LogP contribution in [-0.2, 0) is 4.79 Å². The van der Waals surface area contributed by atoms with Crippen molar-refractivity contribution in [3.8, 4) is 0 Å². The van der Waals surface area contributed by atoms with Crippen LogP contribution >= 0.6 is 15.9 Å². The van der Waals surface area contributed by atoms with E-state index in [4.69, 9.17) is 0 Å². The van der Waals surface area contributed by atoms with E-state index in [-0.39, 0.29) is 11.9 Å². The first-order valence-electron chi connectivity index (χ1n) is 6.82. The molecular formula is C15H19BrN2O. The van der Waals surface area contributed by atoms with Crippen LogP contribution in [0, 0.1) is 12.3 Å². The van der Waals surface area contributed by atoms with E-state index >= 15 is 0 Å². The molecule has 1 heterocycles. The number of amides is 1. The Kier molecular flexibility index (Phi) is 3.18. The second-order valence-corrected chi connectivity index (χ2v) is 6.81. The molecule has 2 aliphatic rings. The highest BCUT2D eigenvalue weighted by atomic mass is 79.9. The fraction of sp³-hybridized carbons (Fsp3) is 0.533. The molecule has 1 saturated carbocycles. The number of halogens is 1. The maximum absolute atomic E-state index is 12.5. The van der Waals surface area contributed by atoms with Gasteiger partial charge in [0.2, 0.25) is 5.91 Å². The first-order chi connectivity index (χ1) is 9.01. The molecular weight excluding hydrogens is 304 g/mol. The molecule has 1 aliphatic carbocycles. The van der Waals surface area contributed by atoms with Gasteiger partial charge in [-0.2, -0.15) is 0 Å². The number of aryl methyl sites for hydroxylation is 1. The van der Waals surface area contributed by atoms with E-state index in [2.05, 4.69) is 34.2 Å². The van der Waals surface area contributed by atoms with Crippen molar-refractivity contribution < 1.29 is 4.79 Å². The summed E-state index contributed by atoms with van der Waals surface area (Å²) in [5.74, 6) is 0.186. The molecule has 2 fully saturated rings. The maximum atomic E-state index is 12.5. The summed E-state index contributed by atoms with van der Waals surface area (Å²) in [4.78, 5) is 14.5. The Hall–Kier alpha value is -0.870. The summed E-state index contributed by atoms with van der Waals surface area (Å²) in [5.41, 5.74) is 2.51. The first kappa shape index (κ1) is 13.1. The molecule has 1 atom stereocenters. The molecule has 19 heavy (non-hydrogen) atoms. The molecule has 1 aliphatic heterocycles. The van der Waals surface area contributed by atoms with Crippen molar-refractivity contribution in [2.24, 2.45) is 5.41 Å². The lowest BCUT2D eigenvalue weighted by Gasteiger charge is -2.25. The van der Waals surface area contributed by atoms with Gasteiger partial charge in [0.1, 0.15) is 0 Å². The number of nitrogens with one attached hydrogen (secondary N) is 1. The highest BCUT2D eigenvalue weighted by Gasteiger charge is 2.47. The standard InChI is InChI=1S/C15H19BrN2O/c1-10-7-12(3-4-13(10)16)18-9-15(5-6-15)8-17-11(2)14(18)19/h3-4,7,11,17H,5-6,8-9H2,1-2H3. The highest BCUT2D eigenvalue weighted by Crippen LogP contribution is 2.47. The normalized spacial score (nSPS) is 25.5. The van der Waals surface area contributed by atoms with Gasteiger partial charge in [-0.05, 0) is 50.5 Å². The third kappa shape index (κ3) is 2.43. The van der Waals surface area contributed by atoms with Crippen LogP contribution in [0.5, 0.6) is 0 Å². The van der Waals surface area contributed by atoms with E-state index in [0.717, 1.165) is 23.2 Å². The molecule has 1 unspecified atom stereocenters. The number of anilines is 1. The minimum atomic E-state index is -0.0936. The number of hydrogen-bond donors (Lipinski definition) is 1. The number of carbonyl (C=O) groups excluding carboxylic acids is 1. The van der Waals surface area contributed by atoms with Crippen LogP contribution in [0.3, 0.4) is 0 Å². The average Bonchev–Trinajstić information content (AvgIpc) is 3.17. The van der Waals surface area contributed by atoms with E-state index in [0.29, 0.717) is 5.41 Å². The number of benzene rings is 1. The Bertz CT molecular complexity index is 525. The Labute approximate surface area is 122 Å². The van der Waals surface area contributed by atoms with Crippen LogP contribution in [0.1, 0.15) is 25.3 Å². The zero-order chi connectivity index (χ0) is 13.6. The monoisotopic (exact) mass is 322 g/mol. The number of hydrogen-bond acceptors (Lipinski definition) is 2. The van der Waals surface area contributed by atoms with Gasteiger partial charge in [-0.3, -0.25) is 4.79 Å². The Morgan fingerprint density at radius 2 is 2.16 bits per heavy atom. The van der Waals surface area contributed by atoms with Crippen LogP contribution < -0.4 is 10.2 Å². The van der Waals surface area contributed by atoms with Gasteiger partial charge in [0.25, 0.3) is 0 Å². The van der Waals surface area contributed by atoms with Gasteiger partial charge in [0.15, 0.2) is 0 Å². The van der Waals surface area contributed by atoms with E-state index in [1.165, 1.54) is 18.4 Å². The fourth-order valence-corrected chi connectivity index (χ4v) is 2.93. The lowest BCUT2D eigenvalue weighted by molar-refractivity contribution is -0.119. The van der Waals surface area contributed by atoms with Crippen molar-refractivity contribution in [1.82, 2.24) is 5.32 Å². The maximum Gasteiger partial charge on any atom is 0.243 e. The van der Waals surface area contributed by atoms with Gasteiger partial charge in [-0.15, -0.1) is 0 Å². The molecule has 3 rings (SSSR count). The molecule has 0 bridgehead atoms. The van der Waals surface area contributed by atoms with E-state index < -0.39 is 0 Å². The second kappa shape index (κ2) is 4.60. The van der Waals surface area contributed by atoms with Crippen LogP contribution in [-0.4, -0.2) is 25.0 Å². The number of rotatable bonds is 1. The molecule has 1 aromatic carbocycles. The minimum absolute atomic E-state index is 0.0936. The Morgan fingerprint density at radius 1 is 1.42 bits per heavy atom. The van der Waals surface area contributed by atoms with Crippen molar-refractivity contribution in [3.05, 3.63) is 28.2 Å².